The van der Waals surface area contributed by atoms with Gasteiger partial charge in [0.2, 0.25) is 0 Å². The fourth-order valence-electron chi connectivity index (χ4n) is 3.34. The summed E-state index contributed by atoms with van der Waals surface area (Å²) < 4.78 is 25.4. The molecule has 0 radical (unpaired) electrons. The third-order valence-electron chi connectivity index (χ3n) is 4.34. The van der Waals surface area contributed by atoms with Crippen LogP contribution in [0.1, 0.15) is 31.3 Å². The maximum absolute atomic E-state index is 6.04. The second kappa shape index (κ2) is 5.93. The van der Waals surface area contributed by atoms with Gasteiger partial charge in [0, 0.05) is 7.11 Å². The Morgan fingerprint density at radius 2 is 1.92 bits per heavy atom. The highest BCUT2D eigenvalue weighted by Gasteiger charge is 2.57. The summed E-state index contributed by atoms with van der Waals surface area (Å²) in [5.74, 6) is 0.0491. The molecule has 128 valence electrons. The van der Waals surface area contributed by atoms with Crippen molar-refractivity contribution in [2.24, 2.45) is 0 Å². The Hall–Kier alpha value is -1.80. The normalized spacial score (nSPS) is 31.3. The second-order valence-electron chi connectivity index (χ2n) is 6.53. The van der Waals surface area contributed by atoms with E-state index in [1.54, 1.807) is 13.4 Å². The number of hydrogen-bond donors (Lipinski definition) is 0. The molecular weight excluding hydrogens is 310 g/mol. The van der Waals surface area contributed by atoms with Crippen molar-refractivity contribution in [2.75, 3.05) is 7.11 Å². The van der Waals surface area contributed by atoms with Crippen LogP contribution in [-0.2, 0) is 25.5 Å². The topological polar surface area (TPSA) is 67.6 Å². The highest BCUT2D eigenvalue weighted by atomic mass is 16.8. The molecule has 4 atom stereocenters. The van der Waals surface area contributed by atoms with Crippen molar-refractivity contribution in [3.63, 3.8) is 0 Å². The average molecular weight is 331 g/mol. The molecule has 7 nitrogen and oxygen atoms in total. The van der Waals surface area contributed by atoms with Crippen LogP contribution in [0.15, 0.2) is 36.7 Å². The van der Waals surface area contributed by atoms with E-state index in [0.29, 0.717) is 6.54 Å². The third-order valence-corrected chi connectivity index (χ3v) is 4.34. The molecule has 3 heterocycles. The summed E-state index contributed by atoms with van der Waals surface area (Å²) in [7, 11) is 1.60. The molecule has 1 aromatic carbocycles. The van der Waals surface area contributed by atoms with E-state index in [4.69, 9.17) is 18.9 Å². The van der Waals surface area contributed by atoms with Crippen molar-refractivity contribution in [3.05, 3.63) is 48.0 Å². The van der Waals surface area contributed by atoms with Crippen LogP contribution in [-0.4, -0.2) is 46.2 Å². The van der Waals surface area contributed by atoms with Gasteiger partial charge in [0.15, 0.2) is 17.9 Å². The molecule has 24 heavy (non-hydrogen) atoms. The maximum atomic E-state index is 6.04. The number of methoxy groups -OCH3 is 1. The molecular formula is C17H21N3O4. The SMILES string of the molecule is COC1OC(c2nncn2Cc2ccccc2)C2OC(C)(C)OC12. The Bertz CT molecular complexity index is 703. The lowest BCUT2D eigenvalue weighted by atomic mass is 10.1. The van der Waals surface area contributed by atoms with E-state index < -0.39 is 12.1 Å². The first-order valence-electron chi connectivity index (χ1n) is 8.03. The zero-order valence-electron chi connectivity index (χ0n) is 14.0. The van der Waals surface area contributed by atoms with Crippen LogP contribution >= 0.6 is 0 Å². The highest BCUT2D eigenvalue weighted by molar-refractivity contribution is 5.16. The van der Waals surface area contributed by atoms with Gasteiger partial charge in [-0.05, 0) is 19.4 Å². The van der Waals surface area contributed by atoms with Crippen molar-refractivity contribution in [3.8, 4) is 0 Å². The van der Waals surface area contributed by atoms with Gasteiger partial charge in [-0.3, -0.25) is 0 Å². The molecule has 7 heteroatoms. The summed E-state index contributed by atoms with van der Waals surface area (Å²) in [5.41, 5.74) is 1.17. The van der Waals surface area contributed by atoms with E-state index in [9.17, 15) is 0 Å². The van der Waals surface area contributed by atoms with Gasteiger partial charge < -0.3 is 23.5 Å². The largest absolute Gasteiger partial charge is 0.353 e. The molecule has 0 aliphatic carbocycles. The van der Waals surface area contributed by atoms with Gasteiger partial charge >= 0.3 is 0 Å². The third kappa shape index (κ3) is 2.73. The molecule has 0 saturated carbocycles. The van der Waals surface area contributed by atoms with Crippen LogP contribution in [0.3, 0.4) is 0 Å². The number of fused-ring (bicyclic) bond motifs is 1. The molecule has 1 aromatic heterocycles. The van der Waals surface area contributed by atoms with E-state index in [1.807, 2.05) is 36.6 Å². The fraction of sp³-hybridized carbons (Fsp3) is 0.529. The smallest absolute Gasteiger partial charge is 0.187 e. The molecule has 0 amide bonds. The quantitative estimate of drug-likeness (QED) is 0.852. The molecule has 2 aliphatic heterocycles. The van der Waals surface area contributed by atoms with Crippen molar-refractivity contribution >= 4 is 0 Å². The van der Waals surface area contributed by atoms with E-state index in [1.165, 1.54) is 5.56 Å². The molecule has 4 rings (SSSR count). The summed E-state index contributed by atoms with van der Waals surface area (Å²) in [6.45, 7) is 4.45. The Balaban J connectivity index is 1.61. The molecule has 0 bridgehead atoms. The van der Waals surface area contributed by atoms with Gasteiger partial charge in [0.1, 0.15) is 24.6 Å². The van der Waals surface area contributed by atoms with Crippen LogP contribution in [0.25, 0.3) is 0 Å². The average Bonchev–Trinajstić information content (AvgIpc) is 3.21. The first-order valence-corrected chi connectivity index (χ1v) is 8.03. The van der Waals surface area contributed by atoms with Crippen LogP contribution in [0.4, 0.5) is 0 Å². The number of aromatic nitrogens is 3. The summed E-state index contributed by atoms with van der Waals surface area (Å²) in [6, 6.07) is 10.2. The minimum absolute atomic E-state index is 0.274. The Morgan fingerprint density at radius 3 is 2.67 bits per heavy atom. The van der Waals surface area contributed by atoms with Gasteiger partial charge in [0.05, 0.1) is 6.54 Å². The van der Waals surface area contributed by atoms with Gasteiger partial charge in [0.25, 0.3) is 0 Å². The van der Waals surface area contributed by atoms with E-state index in [-0.39, 0.29) is 18.3 Å². The van der Waals surface area contributed by atoms with Crippen LogP contribution < -0.4 is 0 Å². The van der Waals surface area contributed by atoms with E-state index >= 15 is 0 Å². The standard InChI is InChI=1S/C17H21N3O4/c1-17(2)23-12-13(22-16(21-3)14(12)24-17)15-19-18-10-20(15)9-11-7-5-4-6-8-11/h4-8,10,12-14,16H,9H2,1-3H3. The summed E-state index contributed by atoms with van der Waals surface area (Å²) in [6.07, 6.45) is 0.291. The van der Waals surface area contributed by atoms with Gasteiger partial charge in [-0.15, -0.1) is 10.2 Å². The Labute approximate surface area is 140 Å². The van der Waals surface area contributed by atoms with E-state index in [2.05, 4.69) is 22.3 Å². The molecule has 2 aliphatic rings. The Kier molecular flexibility index (Phi) is 3.88. The number of hydrogen-bond acceptors (Lipinski definition) is 6. The van der Waals surface area contributed by atoms with Crippen LogP contribution in [0.2, 0.25) is 0 Å². The second-order valence-corrected chi connectivity index (χ2v) is 6.53. The van der Waals surface area contributed by atoms with Crippen LogP contribution in [0, 0.1) is 0 Å². The van der Waals surface area contributed by atoms with Crippen molar-refractivity contribution in [2.45, 2.75) is 50.8 Å². The van der Waals surface area contributed by atoms with E-state index in [0.717, 1.165) is 5.82 Å². The Morgan fingerprint density at radius 1 is 1.17 bits per heavy atom. The number of nitrogens with zero attached hydrogens (tertiary/aromatic N) is 3. The zero-order valence-corrected chi connectivity index (χ0v) is 14.0. The molecule has 0 N–H and O–H groups in total. The minimum Gasteiger partial charge on any atom is -0.353 e. The number of rotatable bonds is 4. The monoisotopic (exact) mass is 331 g/mol. The van der Waals surface area contributed by atoms with Crippen molar-refractivity contribution in [1.29, 1.82) is 0 Å². The van der Waals surface area contributed by atoms with Gasteiger partial charge in [-0.25, -0.2) is 0 Å². The lowest BCUT2D eigenvalue weighted by Gasteiger charge is -2.23. The lowest BCUT2D eigenvalue weighted by molar-refractivity contribution is -0.229. The molecule has 2 saturated heterocycles. The van der Waals surface area contributed by atoms with Crippen molar-refractivity contribution < 1.29 is 18.9 Å². The predicted octanol–water partition coefficient (Wildman–Crippen LogP) is 1.89. The fourth-order valence-corrected chi connectivity index (χ4v) is 3.34. The minimum atomic E-state index is -0.668. The highest BCUT2D eigenvalue weighted by Crippen LogP contribution is 2.44. The molecule has 0 spiro atoms. The molecule has 2 fully saturated rings. The lowest BCUT2D eigenvalue weighted by Crippen LogP contribution is -2.30. The van der Waals surface area contributed by atoms with Crippen molar-refractivity contribution in [1.82, 2.24) is 14.8 Å². The molecule has 2 aromatic rings. The number of benzene rings is 1. The maximum Gasteiger partial charge on any atom is 0.187 e. The summed E-state index contributed by atoms with van der Waals surface area (Å²) in [5, 5.41) is 8.33. The first-order chi connectivity index (χ1) is 11.6. The first kappa shape index (κ1) is 15.7. The van der Waals surface area contributed by atoms with Gasteiger partial charge in [-0.1, -0.05) is 30.3 Å². The molecule has 4 unspecified atom stereocenters. The van der Waals surface area contributed by atoms with Gasteiger partial charge in [-0.2, -0.15) is 0 Å². The summed E-state index contributed by atoms with van der Waals surface area (Å²) in [4.78, 5) is 0. The zero-order chi connectivity index (χ0) is 16.7. The summed E-state index contributed by atoms with van der Waals surface area (Å²) >= 11 is 0. The predicted molar refractivity (Wildman–Crippen MR) is 84.0 cm³/mol. The number of ether oxygens (including phenoxy) is 4. The van der Waals surface area contributed by atoms with Crippen LogP contribution in [0.5, 0.6) is 0 Å².